The summed E-state index contributed by atoms with van der Waals surface area (Å²) < 4.78 is 4.79. The smallest absolute Gasteiger partial charge is 0.407 e. The van der Waals surface area contributed by atoms with E-state index in [1.54, 1.807) is 16.7 Å². The highest BCUT2D eigenvalue weighted by molar-refractivity contribution is 8.01. The molecule has 4 N–H and O–H groups in total. The van der Waals surface area contributed by atoms with Crippen molar-refractivity contribution in [2.75, 3.05) is 19.7 Å². The standard InChI is InChI=1S/C26H48N4O4S/c1-6-7-8-16-34-25(33)29-22(26(4,5)35-18(2)3)24(32)30-15-9-10-21(30)23(31)28-17-19-11-13-20(27)14-12-19/h18-22H,6-17,27H2,1-5H3,(H,28,31)(H,29,33)/t19-,20-,21-,22-/m0/s1. The molecular weight excluding hydrogens is 464 g/mol. The summed E-state index contributed by atoms with van der Waals surface area (Å²) in [5.74, 6) is 0.137. The van der Waals surface area contributed by atoms with Crippen molar-refractivity contribution in [3.63, 3.8) is 0 Å². The van der Waals surface area contributed by atoms with Gasteiger partial charge in [0, 0.05) is 23.9 Å². The van der Waals surface area contributed by atoms with Crippen molar-refractivity contribution >= 4 is 29.7 Å². The number of ether oxygens (including phenoxy) is 1. The molecule has 1 saturated carbocycles. The average molecular weight is 513 g/mol. The highest BCUT2D eigenvalue weighted by atomic mass is 32.2. The molecule has 1 aliphatic carbocycles. The summed E-state index contributed by atoms with van der Waals surface area (Å²) in [4.78, 5) is 41.1. The zero-order valence-corrected chi connectivity index (χ0v) is 23.3. The van der Waals surface area contributed by atoms with Crippen molar-refractivity contribution in [1.82, 2.24) is 15.5 Å². The molecular formula is C26H48N4O4S. The van der Waals surface area contributed by atoms with Crippen molar-refractivity contribution in [3.8, 4) is 0 Å². The Labute approximate surface area is 216 Å². The minimum atomic E-state index is -0.790. The van der Waals surface area contributed by atoms with Crippen LogP contribution >= 0.6 is 11.8 Å². The van der Waals surface area contributed by atoms with E-state index in [9.17, 15) is 14.4 Å². The molecule has 0 aromatic carbocycles. The molecule has 0 aromatic heterocycles. The Kier molecular flexibility index (Phi) is 12.2. The molecule has 1 saturated heterocycles. The molecule has 9 heteroatoms. The average Bonchev–Trinajstić information content (AvgIpc) is 3.28. The first-order chi connectivity index (χ1) is 16.5. The Hall–Kier alpha value is -1.48. The van der Waals surface area contributed by atoms with Crippen molar-refractivity contribution in [2.45, 2.75) is 121 Å². The number of thioether (sulfide) groups is 1. The fourth-order valence-electron chi connectivity index (χ4n) is 5.11. The van der Waals surface area contributed by atoms with E-state index >= 15 is 0 Å². The summed E-state index contributed by atoms with van der Waals surface area (Å²) in [6.45, 7) is 11.6. The van der Waals surface area contributed by atoms with Gasteiger partial charge in [0.2, 0.25) is 11.8 Å². The number of hydrogen-bond donors (Lipinski definition) is 3. The summed E-state index contributed by atoms with van der Waals surface area (Å²) in [7, 11) is 0. The number of nitrogens with zero attached hydrogens (tertiary/aromatic N) is 1. The zero-order chi connectivity index (χ0) is 26.0. The normalized spacial score (nSPS) is 23.7. The van der Waals surface area contributed by atoms with Gasteiger partial charge in [-0.3, -0.25) is 9.59 Å². The van der Waals surface area contributed by atoms with Crippen LogP contribution in [0, 0.1) is 5.92 Å². The molecule has 8 nitrogen and oxygen atoms in total. The van der Waals surface area contributed by atoms with Gasteiger partial charge in [-0.25, -0.2) is 4.79 Å². The van der Waals surface area contributed by atoms with Crippen molar-refractivity contribution in [3.05, 3.63) is 0 Å². The SMILES string of the molecule is CCCCCOC(=O)N[C@@H](C(=O)N1CCC[C@H]1C(=O)NC[C@H]1CC[C@H](N)CC1)C(C)(C)SC(C)C. The van der Waals surface area contributed by atoms with Crippen LogP contribution in [0.3, 0.4) is 0 Å². The van der Waals surface area contributed by atoms with Crippen LogP contribution in [0.1, 0.15) is 92.4 Å². The largest absolute Gasteiger partial charge is 0.450 e. The molecule has 0 radical (unpaired) electrons. The predicted molar refractivity (Wildman–Crippen MR) is 142 cm³/mol. The van der Waals surface area contributed by atoms with Crippen LogP contribution in [0.2, 0.25) is 0 Å². The minimum absolute atomic E-state index is 0.0964. The first kappa shape index (κ1) is 29.7. The number of carbonyl (C=O) groups excluding carboxylic acids is 3. The van der Waals surface area contributed by atoms with E-state index in [0.29, 0.717) is 32.0 Å². The van der Waals surface area contributed by atoms with Crippen LogP contribution in [0.4, 0.5) is 4.79 Å². The summed E-state index contributed by atoms with van der Waals surface area (Å²) >= 11 is 1.64. The van der Waals surface area contributed by atoms with Gasteiger partial charge >= 0.3 is 6.09 Å². The molecule has 2 aliphatic rings. The summed E-state index contributed by atoms with van der Waals surface area (Å²) in [6, 6.07) is -1.01. The van der Waals surface area contributed by atoms with Crippen molar-refractivity contribution in [2.24, 2.45) is 11.7 Å². The first-order valence-electron chi connectivity index (χ1n) is 13.5. The third-order valence-electron chi connectivity index (χ3n) is 7.02. The summed E-state index contributed by atoms with van der Waals surface area (Å²) in [5.41, 5.74) is 6.00. The maximum atomic E-state index is 13.8. The fraction of sp³-hybridized carbons (Fsp3) is 0.885. The molecule has 0 spiro atoms. The molecule has 1 aliphatic heterocycles. The number of amides is 3. The molecule has 0 bridgehead atoms. The van der Waals surface area contributed by atoms with Crippen LogP contribution in [-0.4, -0.2) is 70.6 Å². The van der Waals surface area contributed by atoms with Gasteiger partial charge in [-0.2, -0.15) is 11.8 Å². The van der Waals surface area contributed by atoms with Gasteiger partial charge < -0.3 is 26.0 Å². The first-order valence-corrected chi connectivity index (χ1v) is 14.4. The van der Waals surface area contributed by atoms with Gasteiger partial charge in [-0.1, -0.05) is 33.6 Å². The molecule has 202 valence electrons. The Morgan fingerprint density at radius 1 is 1.11 bits per heavy atom. The monoisotopic (exact) mass is 512 g/mol. The van der Waals surface area contributed by atoms with Crippen LogP contribution in [0.5, 0.6) is 0 Å². The number of carbonyl (C=O) groups is 3. The lowest BCUT2D eigenvalue weighted by molar-refractivity contribution is -0.140. The highest BCUT2D eigenvalue weighted by Gasteiger charge is 2.44. The van der Waals surface area contributed by atoms with Crippen molar-refractivity contribution < 1.29 is 19.1 Å². The zero-order valence-electron chi connectivity index (χ0n) is 22.4. The van der Waals surface area contributed by atoms with E-state index in [-0.39, 0.29) is 23.1 Å². The number of nitrogens with one attached hydrogen (secondary N) is 2. The number of alkyl carbamates (subject to hydrolysis) is 1. The van der Waals surface area contributed by atoms with Gasteiger partial charge in [0.1, 0.15) is 12.1 Å². The lowest BCUT2D eigenvalue weighted by atomic mass is 9.86. The second-order valence-corrected chi connectivity index (χ2v) is 13.1. The van der Waals surface area contributed by atoms with Crippen LogP contribution in [0.15, 0.2) is 0 Å². The minimum Gasteiger partial charge on any atom is -0.450 e. The summed E-state index contributed by atoms with van der Waals surface area (Å²) in [5, 5.41) is 6.21. The Morgan fingerprint density at radius 3 is 2.43 bits per heavy atom. The molecule has 2 atom stereocenters. The van der Waals surface area contributed by atoms with E-state index in [4.69, 9.17) is 10.5 Å². The quantitative estimate of drug-likeness (QED) is 0.343. The number of rotatable bonds is 12. The van der Waals surface area contributed by atoms with Crippen LogP contribution in [-0.2, 0) is 14.3 Å². The van der Waals surface area contributed by atoms with Crippen LogP contribution in [0.25, 0.3) is 0 Å². The lowest BCUT2D eigenvalue weighted by Gasteiger charge is -2.38. The van der Waals surface area contributed by atoms with E-state index in [1.165, 1.54) is 0 Å². The molecule has 0 unspecified atom stereocenters. The van der Waals surface area contributed by atoms with E-state index in [2.05, 4.69) is 31.4 Å². The summed E-state index contributed by atoms with van der Waals surface area (Å²) in [6.07, 6.45) is 7.72. The van der Waals surface area contributed by atoms with E-state index < -0.39 is 22.9 Å². The second-order valence-electron chi connectivity index (χ2n) is 10.9. The molecule has 1 heterocycles. The molecule has 0 aromatic rings. The topological polar surface area (TPSA) is 114 Å². The van der Waals surface area contributed by atoms with Gasteiger partial charge in [0.05, 0.1) is 6.61 Å². The molecule has 3 amide bonds. The Bertz CT molecular complexity index is 695. The lowest BCUT2D eigenvalue weighted by Crippen LogP contribution is -2.60. The van der Waals surface area contributed by atoms with Gasteiger partial charge in [-0.05, 0) is 70.0 Å². The second kappa shape index (κ2) is 14.3. The predicted octanol–water partition coefficient (Wildman–Crippen LogP) is 3.82. The Morgan fingerprint density at radius 2 is 1.80 bits per heavy atom. The molecule has 2 rings (SSSR count). The van der Waals surface area contributed by atoms with Crippen molar-refractivity contribution in [1.29, 1.82) is 0 Å². The maximum absolute atomic E-state index is 13.8. The van der Waals surface area contributed by atoms with Gasteiger partial charge in [-0.15, -0.1) is 0 Å². The highest BCUT2D eigenvalue weighted by Crippen LogP contribution is 2.34. The third kappa shape index (κ3) is 9.48. The third-order valence-corrected chi connectivity index (χ3v) is 8.33. The molecule has 2 fully saturated rings. The van der Waals surface area contributed by atoms with Gasteiger partial charge in [0.25, 0.3) is 0 Å². The number of hydrogen-bond acceptors (Lipinski definition) is 6. The fourth-order valence-corrected chi connectivity index (χ4v) is 6.62. The number of likely N-dealkylation sites (tertiary alicyclic amines) is 1. The van der Waals surface area contributed by atoms with E-state index in [1.807, 2.05) is 13.8 Å². The number of nitrogens with two attached hydrogens (primary N) is 1. The maximum Gasteiger partial charge on any atom is 0.407 e. The Balaban J connectivity index is 2.05. The van der Waals surface area contributed by atoms with Crippen LogP contribution < -0.4 is 16.4 Å². The van der Waals surface area contributed by atoms with E-state index in [0.717, 1.165) is 51.4 Å². The van der Waals surface area contributed by atoms with Gasteiger partial charge in [0.15, 0.2) is 0 Å². The number of unbranched alkanes of at least 4 members (excludes halogenated alkanes) is 2. The molecule has 35 heavy (non-hydrogen) atoms.